The topological polar surface area (TPSA) is 21.3 Å². The molecule has 0 amide bonds. The third-order valence-electron chi connectivity index (χ3n) is 3.07. The lowest BCUT2D eigenvalue weighted by Gasteiger charge is -2.21. The molecule has 1 aromatic carbocycles. The van der Waals surface area contributed by atoms with Gasteiger partial charge in [0.1, 0.15) is 11.4 Å². The highest BCUT2D eigenvalue weighted by Gasteiger charge is 2.41. The molecule has 2 aliphatic heterocycles. The summed E-state index contributed by atoms with van der Waals surface area (Å²) in [4.78, 5) is 0. The maximum atomic E-state index is 5.99. The molecule has 1 atom stereocenters. The second-order valence-electron chi connectivity index (χ2n) is 4.14. The van der Waals surface area contributed by atoms with Gasteiger partial charge in [0.2, 0.25) is 0 Å². The van der Waals surface area contributed by atoms with Crippen molar-refractivity contribution in [3.63, 3.8) is 0 Å². The minimum Gasteiger partial charge on any atom is -0.485 e. The highest BCUT2D eigenvalue weighted by Crippen LogP contribution is 2.39. The van der Waals surface area contributed by atoms with Crippen molar-refractivity contribution in [3.8, 4) is 5.75 Å². The van der Waals surface area contributed by atoms with Crippen molar-refractivity contribution < 1.29 is 4.74 Å². The standard InChI is InChI=1S/C11H12ClNO/c12-9-1-2-10-8(5-9)6-11(14-10)3-4-13-7-11/h1-2,5,13H,3-4,6-7H2. The Morgan fingerprint density at radius 1 is 1.43 bits per heavy atom. The molecular formula is C11H12ClNO. The van der Waals surface area contributed by atoms with Gasteiger partial charge in [-0.05, 0) is 30.3 Å². The molecule has 1 unspecified atom stereocenters. The van der Waals surface area contributed by atoms with E-state index in [0.29, 0.717) is 0 Å². The van der Waals surface area contributed by atoms with Gasteiger partial charge in [0.15, 0.2) is 0 Å². The number of hydrogen-bond donors (Lipinski definition) is 1. The monoisotopic (exact) mass is 209 g/mol. The third kappa shape index (κ3) is 1.22. The van der Waals surface area contributed by atoms with Gasteiger partial charge in [-0.2, -0.15) is 0 Å². The summed E-state index contributed by atoms with van der Waals surface area (Å²) in [5.41, 5.74) is 1.27. The Bertz CT molecular complexity index is 372. The number of nitrogens with one attached hydrogen (secondary N) is 1. The van der Waals surface area contributed by atoms with E-state index in [2.05, 4.69) is 5.32 Å². The minimum atomic E-state index is 0.0208. The molecule has 3 heteroatoms. The summed E-state index contributed by atoms with van der Waals surface area (Å²) in [6.07, 6.45) is 2.09. The van der Waals surface area contributed by atoms with Crippen LogP contribution >= 0.6 is 11.6 Å². The number of ether oxygens (including phenoxy) is 1. The number of halogens is 1. The van der Waals surface area contributed by atoms with E-state index in [-0.39, 0.29) is 5.60 Å². The Balaban J connectivity index is 1.96. The quantitative estimate of drug-likeness (QED) is 0.706. The molecule has 0 aromatic heterocycles. The molecule has 74 valence electrons. The van der Waals surface area contributed by atoms with E-state index in [0.717, 1.165) is 36.7 Å². The number of fused-ring (bicyclic) bond motifs is 1. The third-order valence-corrected chi connectivity index (χ3v) is 3.30. The second kappa shape index (κ2) is 2.88. The van der Waals surface area contributed by atoms with E-state index >= 15 is 0 Å². The zero-order valence-corrected chi connectivity index (χ0v) is 8.60. The van der Waals surface area contributed by atoms with E-state index in [1.165, 1.54) is 5.56 Å². The molecule has 0 radical (unpaired) electrons. The number of rotatable bonds is 0. The molecule has 2 nitrogen and oxygen atoms in total. The van der Waals surface area contributed by atoms with Gasteiger partial charge in [0.05, 0.1) is 0 Å². The summed E-state index contributed by atoms with van der Waals surface area (Å²) >= 11 is 5.95. The van der Waals surface area contributed by atoms with Gasteiger partial charge in [0.25, 0.3) is 0 Å². The first-order valence-electron chi connectivity index (χ1n) is 4.96. The van der Waals surface area contributed by atoms with E-state index in [9.17, 15) is 0 Å². The summed E-state index contributed by atoms with van der Waals surface area (Å²) < 4.78 is 5.99. The molecule has 1 fully saturated rings. The lowest BCUT2D eigenvalue weighted by Crippen LogP contribution is -2.36. The average Bonchev–Trinajstić information content (AvgIpc) is 2.72. The van der Waals surface area contributed by atoms with Gasteiger partial charge < -0.3 is 10.1 Å². The molecule has 0 saturated carbocycles. The van der Waals surface area contributed by atoms with E-state index in [4.69, 9.17) is 16.3 Å². The Hall–Kier alpha value is -0.730. The predicted octanol–water partition coefficient (Wildman–Crippen LogP) is 2.01. The maximum absolute atomic E-state index is 5.99. The first-order chi connectivity index (χ1) is 6.77. The summed E-state index contributed by atoms with van der Waals surface area (Å²) in [6.45, 7) is 2.01. The molecule has 1 aromatic rings. The van der Waals surface area contributed by atoms with Gasteiger partial charge in [-0.25, -0.2) is 0 Å². The zero-order valence-electron chi connectivity index (χ0n) is 7.85. The van der Waals surface area contributed by atoms with Crippen molar-refractivity contribution >= 4 is 11.6 Å². The van der Waals surface area contributed by atoms with Crippen molar-refractivity contribution in [1.82, 2.24) is 5.32 Å². The van der Waals surface area contributed by atoms with Crippen LogP contribution in [0.3, 0.4) is 0 Å². The van der Waals surface area contributed by atoms with Gasteiger partial charge >= 0.3 is 0 Å². The first kappa shape index (κ1) is 8.57. The minimum absolute atomic E-state index is 0.0208. The molecule has 0 bridgehead atoms. The predicted molar refractivity (Wildman–Crippen MR) is 56.0 cm³/mol. The first-order valence-corrected chi connectivity index (χ1v) is 5.33. The van der Waals surface area contributed by atoms with Crippen LogP contribution in [0.25, 0.3) is 0 Å². The van der Waals surface area contributed by atoms with Crippen LogP contribution in [0.2, 0.25) is 5.02 Å². The second-order valence-corrected chi connectivity index (χ2v) is 4.58. The Kier molecular flexibility index (Phi) is 1.76. The highest BCUT2D eigenvalue weighted by atomic mass is 35.5. The van der Waals surface area contributed by atoms with Crippen molar-refractivity contribution in [2.45, 2.75) is 18.4 Å². The molecule has 14 heavy (non-hydrogen) atoms. The largest absolute Gasteiger partial charge is 0.485 e. The van der Waals surface area contributed by atoms with E-state index in [1.807, 2.05) is 18.2 Å². The molecular weight excluding hydrogens is 198 g/mol. The molecule has 0 aliphatic carbocycles. The van der Waals surface area contributed by atoms with E-state index < -0.39 is 0 Å². The van der Waals surface area contributed by atoms with Crippen LogP contribution in [-0.4, -0.2) is 18.7 Å². The van der Waals surface area contributed by atoms with E-state index in [1.54, 1.807) is 0 Å². The molecule has 2 heterocycles. The van der Waals surface area contributed by atoms with Crippen LogP contribution in [0, 0.1) is 0 Å². The number of hydrogen-bond acceptors (Lipinski definition) is 2. The SMILES string of the molecule is Clc1ccc2c(c1)CC1(CCNC1)O2. The molecule has 1 saturated heterocycles. The fraction of sp³-hybridized carbons (Fsp3) is 0.455. The summed E-state index contributed by atoms with van der Waals surface area (Å²) in [6, 6.07) is 5.89. The van der Waals surface area contributed by atoms with Gasteiger partial charge in [-0.15, -0.1) is 0 Å². The molecule has 1 N–H and O–H groups in total. The van der Waals surface area contributed by atoms with Crippen LogP contribution in [0.15, 0.2) is 18.2 Å². The summed E-state index contributed by atoms with van der Waals surface area (Å²) in [5, 5.41) is 4.15. The molecule has 1 spiro atoms. The Morgan fingerprint density at radius 3 is 3.14 bits per heavy atom. The lowest BCUT2D eigenvalue weighted by atomic mass is 9.96. The average molecular weight is 210 g/mol. The van der Waals surface area contributed by atoms with Crippen LogP contribution in [-0.2, 0) is 6.42 Å². The summed E-state index contributed by atoms with van der Waals surface area (Å²) in [7, 11) is 0. The van der Waals surface area contributed by atoms with Crippen LogP contribution in [0.4, 0.5) is 0 Å². The van der Waals surface area contributed by atoms with Crippen LogP contribution < -0.4 is 10.1 Å². The smallest absolute Gasteiger partial charge is 0.127 e. The van der Waals surface area contributed by atoms with Crippen LogP contribution in [0.1, 0.15) is 12.0 Å². The maximum Gasteiger partial charge on any atom is 0.127 e. The fourth-order valence-corrected chi connectivity index (χ4v) is 2.56. The van der Waals surface area contributed by atoms with Gasteiger partial charge in [0, 0.05) is 24.4 Å². The van der Waals surface area contributed by atoms with Gasteiger partial charge in [-0.1, -0.05) is 11.6 Å². The van der Waals surface area contributed by atoms with Crippen molar-refractivity contribution in [1.29, 1.82) is 0 Å². The van der Waals surface area contributed by atoms with Crippen molar-refractivity contribution in [2.75, 3.05) is 13.1 Å². The number of benzene rings is 1. The molecule has 3 rings (SSSR count). The van der Waals surface area contributed by atoms with Crippen molar-refractivity contribution in [2.24, 2.45) is 0 Å². The van der Waals surface area contributed by atoms with Gasteiger partial charge in [-0.3, -0.25) is 0 Å². The lowest BCUT2D eigenvalue weighted by molar-refractivity contribution is 0.118. The Labute approximate surface area is 88.2 Å². The van der Waals surface area contributed by atoms with Crippen molar-refractivity contribution in [3.05, 3.63) is 28.8 Å². The molecule has 2 aliphatic rings. The summed E-state index contributed by atoms with van der Waals surface area (Å²) in [5.74, 6) is 1.01. The fourth-order valence-electron chi connectivity index (χ4n) is 2.36. The Morgan fingerprint density at radius 2 is 2.36 bits per heavy atom. The normalized spacial score (nSPS) is 29.2. The highest BCUT2D eigenvalue weighted by molar-refractivity contribution is 6.30. The van der Waals surface area contributed by atoms with Crippen LogP contribution in [0.5, 0.6) is 5.75 Å². The zero-order chi connectivity index (χ0) is 9.60.